The Balaban J connectivity index is 2.29. The molecule has 0 saturated carbocycles. The lowest BCUT2D eigenvalue weighted by Gasteiger charge is -2.35. The van der Waals surface area contributed by atoms with E-state index in [0.29, 0.717) is 23.1 Å². The first-order chi connectivity index (χ1) is 9.54. The first-order valence-electron chi connectivity index (χ1n) is 7.08. The van der Waals surface area contributed by atoms with Crippen LogP contribution >= 0.6 is 11.6 Å². The van der Waals surface area contributed by atoms with Gasteiger partial charge in [-0.15, -0.1) is 0 Å². The summed E-state index contributed by atoms with van der Waals surface area (Å²) in [5.74, 6) is 0.666. The van der Waals surface area contributed by atoms with Gasteiger partial charge < -0.3 is 10.6 Å². The molecule has 1 aliphatic rings. The van der Waals surface area contributed by atoms with E-state index in [1.54, 1.807) is 0 Å². The highest BCUT2D eigenvalue weighted by Gasteiger charge is 2.29. The van der Waals surface area contributed by atoms with Gasteiger partial charge in [-0.25, -0.2) is 9.97 Å². The number of nitrogens with zero attached hydrogens (tertiary/aromatic N) is 3. The van der Waals surface area contributed by atoms with E-state index in [-0.39, 0.29) is 17.9 Å². The van der Waals surface area contributed by atoms with Crippen LogP contribution in [0.25, 0.3) is 0 Å². The maximum absolute atomic E-state index is 12.7. The van der Waals surface area contributed by atoms with Crippen molar-refractivity contribution in [2.75, 3.05) is 13.1 Å². The largest absolute Gasteiger partial charge is 0.333 e. The fourth-order valence-electron chi connectivity index (χ4n) is 2.46. The molecule has 1 fully saturated rings. The maximum Gasteiger partial charge on any atom is 0.274 e. The lowest BCUT2D eigenvalue weighted by Crippen LogP contribution is -2.47. The van der Waals surface area contributed by atoms with Gasteiger partial charge >= 0.3 is 0 Å². The Morgan fingerprint density at radius 3 is 2.95 bits per heavy atom. The minimum Gasteiger partial charge on any atom is -0.333 e. The van der Waals surface area contributed by atoms with Crippen molar-refractivity contribution >= 4 is 17.5 Å². The quantitative estimate of drug-likeness (QED) is 0.928. The summed E-state index contributed by atoms with van der Waals surface area (Å²) in [6.45, 7) is 5.17. The molecular weight excluding hydrogens is 276 g/mol. The van der Waals surface area contributed by atoms with Crippen molar-refractivity contribution in [1.29, 1.82) is 0 Å². The third-order valence-electron chi connectivity index (χ3n) is 3.64. The third kappa shape index (κ3) is 3.10. The van der Waals surface area contributed by atoms with Crippen LogP contribution in [0.5, 0.6) is 0 Å². The molecule has 20 heavy (non-hydrogen) atoms. The average Bonchev–Trinajstić information content (AvgIpc) is 2.46. The summed E-state index contributed by atoms with van der Waals surface area (Å²) in [7, 11) is 0. The van der Waals surface area contributed by atoms with Crippen molar-refractivity contribution < 1.29 is 4.79 Å². The number of rotatable bonds is 3. The zero-order valence-electron chi connectivity index (χ0n) is 12.0. The highest BCUT2D eigenvalue weighted by atomic mass is 35.5. The predicted octanol–water partition coefficient (Wildman–Crippen LogP) is 2.21. The highest BCUT2D eigenvalue weighted by molar-refractivity contribution is 6.33. The molecule has 2 rings (SSSR count). The number of aromatic nitrogens is 2. The van der Waals surface area contributed by atoms with E-state index < -0.39 is 0 Å². The van der Waals surface area contributed by atoms with E-state index in [1.807, 2.05) is 18.7 Å². The minimum absolute atomic E-state index is 0.0878. The van der Waals surface area contributed by atoms with Gasteiger partial charge in [-0.3, -0.25) is 4.79 Å². The molecule has 1 aromatic heterocycles. The molecule has 6 heteroatoms. The fraction of sp³-hybridized carbons (Fsp3) is 0.643. The van der Waals surface area contributed by atoms with Crippen LogP contribution in [0, 0.1) is 0 Å². The van der Waals surface area contributed by atoms with Crippen molar-refractivity contribution in [3.63, 3.8) is 0 Å². The van der Waals surface area contributed by atoms with Gasteiger partial charge in [0.15, 0.2) is 5.69 Å². The molecule has 1 atom stereocenters. The van der Waals surface area contributed by atoms with Crippen LogP contribution in [-0.4, -0.2) is 39.9 Å². The zero-order chi connectivity index (χ0) is 14.7. The van der Waals surface area contributed by atoms with Gasteiger partial charge in [-0.1, -0.05) is 25.4 Å². The van der Waals surface area contributed by atoms with Crippen LogP contribution in [0.1, 0.15) is 55.3 Å². The number of carbonyl (C=O) groups is 1. The van der Waals surface area contributed by atoms with E-state index in [9.17, 15) is 4.79 Å². The molecule has 2 heterocycles. The molecule has 1 saturated heterocycles. The Labute approximate surface area is 124 Å². The monoisotopic (exact) mass is 296 g/mol. The van der Waals surface area contributed by atoms with Crippen LogP contribution in [-0.2, 0) is 0 Å². The molecule has 110 valence electrons. The summed E-state index contributed by atoms with van der Waals surface area (Å²) in [6.07, 6.45) is 4.57. The van der Waals surface area contributed by atoms with Crippen molar-refractivity contribution in [3.05, 3.63) is 22.7 Å². The van der Waals surface area contributed by atoms with Crippen molar-refractivity contribution in [1.82, 2.24) is 14.9 Å². The lowest BCUT2D eigenvalue weighted by atomic mass is 10.0. The molecule has 0 bridgehead atoms. The number of amides is 1. The molecule has 0 aromatic carbocycles. The maximum atomic E-state index is 12.7. The van der Waals surface area contributed by atoms with Gasteiger partial charge in [0, 0.05) is 25.0 Å². The predicted molar refractivity (Wildman–Crippen MR) is 78.9 cm³/mol. The SMILES string of the molecule is CC(C)c1ncc(Cl)c(C(=O)N2CCCCC2CN)n1. The summed E-state index contributed by atoms with van der Waals surface area (Å²) in [5, 5.41) is 0.306. The number of halogens is 1. The summed E-state index contributed by atoms with van der Waals surface area (Å²) in [5.41, 5.74) is 6.06. The second kappa shape index (κ2) is 6.50. The standard InChI is InChI=1S/C14H21ClN4O/c1-9(2)13-17-8-11(15)12(18-13)14(20)19-6-4-3-5-10(19)7-16/h8-10H,3-7,16H2,1-2H3. The van der Waals surface area contributed by atoms with E-state index in [2.05, 4.69) is 9.97 Å². The van der Waals surface area contributed by atoms with E-state index in [4.69, 9.17) is 17.3 Å². The van der Waals surface area contributed by atoms with E-state index in [0.717, 1.165) is 25.8 Å². The lowest BCUT2D eigenvalue weighted by molar-refractivity contribution is 0.0617. The van der Waals surface area contributed by atoms with Gasteiger partial charge in [0.25, 0.3) is 5.91 Å². The molecule has 1 amide bonds. The topological polar surface area (TPSA) is 72.1 Å². The van der Waals surface area contributed by atoms with Gasteiger partial charge in [0.1, 0.15) is 5.82 Å². The summed E-state index contributed by atoms with van der Waals surface area (Å²) >= 11 is 6.10. The first kappa shape index (κ1) is 15.2. The molecule has 5 nitrogen and oxygen atoms in total. The van der Waals surface area contributed by atoms with Crippen LogP contribution in [0.4, 0.5) is 0 Å². The number of hydrogen-bond donors (Lipinski definition) is 1. The van der Waals surface area contributed by atoms with Crippen LogP contribution in [0.2, 0.25) is 5.02 Å². The van der Waals surface area contributed by atoms with Crippen molar-refractivity contribution in [3.8, 4) is 0 Å². The number of piperidine rings is 1. The molecule has 0 aliphatic carbocycles. The van der Waals surface area contributed by atoms with Crippen LogP contribution < -0.4 is 5.73 Å². The van der Waals surface area contributed by atoms with Crippen LogP contribution in [0.15, 0.2) is 6.20 Å². The third-order valence-corrected chi connectivity index (χ3v) is 3.92. The zero-order valence-corrected chi connectivity index (χ0v) is 12.7. The van der Waals surface area contributed by atoms with Crippen molar-refractivity contribution in [2.24, 2.45) is 5.73 Å². The Kier molecular flexibility index (Phi) is 4.94. The van der Waals surface area contributed by atoms with E-state index >= 15 is 0 Å². The van der Waals surface area contributed by atoms with Gasteiger partial charge in [-0.2, -0.15) is 0 Å². The van der Waals surface area contributed by atoms with E-state index in [1.165, 1.54) is 6.20 Å². The van der Waals surface area contributed by atoms with Crippen LogP contribution in [0.3, 0.4) is 0 Å². The molecule has 0 spiro atoms. The normalized spacial score (nSPS) is 19.4. The van der Waals surface area contributed by atoms with Crippen molar-refractivity contribution in [2.45, 2.75) is 45.1 Å². The number of hydrogen-bond acceptors (Lipinski definition) is 4. The number of likely N-dealkylation sites (tertiary alicyclic amines) is 1. The molecule has 1 unspecified atom stereocenters. The Morgan fingerprint density at radius 1 is 1.55 bits per heavy atom. The summed E-state index contributed by atoms with van der Waals surface area (Å²) in [6, 6.07) is 0.0878. The summed E-state index contributed by atoms with van der Waals surface area (Å²) < 4.78 is 0. The van der Waals surface area contributed by atoms with Gasteiger partial charge in [0.05, 0.1) is 11.2 Å². The Morgan fingerprint density at radius 2 is 2.30 bits per heavy atom. The number of nitrogens with two attached hydrogens (primary N) is 1. The van der Waals surface area contributed by atoms with Gasteiger partial charge in [-0.05, 0) is 19.3 Å². The Hall–Kier alpha value is -1.20. The first-order valence-corrected chi connectivity index (χ1v) is 7.45. The second-order valence-electron chi connectivity index (χ2n) is 5.46. The molecule has 0 radical (unpaired) electrons. The molecule has 1 aromatic rings. The smallest absolute Gasteiger partial charge is 0.274 e. The summed E-state index contributed by atoms with van der Waals surface area (Å²) in [4.78, 5) is 23.0. The molecule has 2 N–H and O–H groups in total. The van der Waals surface area contributed by atoms with Gasteiger partial charge in [0.2, 0.25) is 0 Å². The number of carbonyl (C=O) groups excluding carboxylic acids is 1. The highest BCUT2D eigenvalue weighted by Crippen LogP contribution is 2.22. The molecule has 1 aliphatic heterocycles. The molecular formula is C14H21ClN4O. The average molecular weight is 297 g/mol. The minimum atomic E-state index is -0.130. The fourth-order valence-corrected chi connectivity index (χ4v) is 2.63. The Bertz CT molecular complexity index is 492. The second-order valence-corrected chi connectivity index (χ2v) is 5.87.